The van der Waals surface area contributed by atoms with Crippen LogP contribution in [0.3, 0.4) is 0 Å². The summed E-state index contributed by atoms with van der Waals surface area (Å²) >= 11 is 0. The Labute approximate surface area is 77.4 Å². The van der Waals surface area contributed by atoms with E-state index in [2.05, 4.69) is 4.74 Å². The fraction of sp³-hybridized carbons (Fsp3) is 0.333. The Bertz CT molecular complexity index is 236. The summed E-state index contributed by atoms with van der Waals surface area (Å²) < 4.78 is 6.14. The van der Waals surface area contributed by atoms with Crippen molar-refractivity contribution in [3.8, 4) is 0 Å². The molecule has 0 bridgehead atoms. The van der Waals surface area contributed by atoms with E-state index in [4.69, 9.17) is 0 Å². The standard InChI is InChI=1S/C6H8N.C3H6O3/c1-7-5-3-2-4-6-7;1-6-2-3(4)5/h2-6H,1H3;2H2,1H3,(H,4,5)/q+1;/p-1. The monoisotopic (exact) mass is 183 g/mol. The molecule has 1 heterocycles. The van der Waals surface area contributed by atoms with Crippen LogP contribution in [0.4, 0.5) is 0 Å². The summed E-state index contributed by atoms with van der Waals surface area (Å²) in [5.41, 5.74) is 0. The molecule has 0 saturated carbocycles. The number of nitrogens with zero attached hydrogens (tertiary/aromatic N) is 1. The van der Waals surface area contributed by atoms with Crippen LogP contribution in [0.25, 0.3) is 0 Å². The molecule has 0 saturated heterocycles. The number of ether oxygens (including phenoxy) is 1. The number of aliphatic carboxylic acids is 1. The highest BCUT2D eigenvalue weighted by molar-refractivity contribution is 5.65. The van der Waals surface area contributed by atoms with E-state index < -0.39 is 5.97 Å². The fourth-order valence-electron chi connectivity index (χ4n) is 0.603. The fourth-order valence-corrected chi connectivity index (χ4v) is 0.603. The molecule has 0 radical (unpaired) electrons. The smallest absolute Gasteiger partial charge is 0.168 e. The predicted octanol–water partition coefficient (Wildman–Crippen LogP) is -1.11. The Kier molecular flexibility index (Phi) is 6.45. The van der Waals surface area contributed by atoms with Gasteiger partial charge in [-0.15, -0.1) is 0 Å². The number of rotatable bonds is 2. The molecule has 13 heavy (non-hydrogen) atoms. The van der Waals surface area contributed by atoms with Gasteiger partial charge in [-0.1, -0.05) is 6.07 Å². The zero-order valence-corrected chi connectivity index (χ0v) is 7.77. The molecule has 0 unspecified atom stereocenters. The predicted molar refractivity (Wildman–Crippen MR) is 44.5 cm³/mol. The van der Waals surface area contributed by atoms with Crippen molar-refractivity contribution in [2.75, 3.05) is 13.7 Å². The van der Waals surface area contributed by atoms with Crippen molar-refractivity contribution in [3.05, 3.63) is 30.6 Å². The van der Waals surface area contributed by atoms with Crippen LogP contribution >= 0.6 is 0 Å². The Hall–Kier alpha value is -1.42. The minimum absolute atomic E-state index is 0.319. The van der Waals surface area contributed by atoms with E-state index in [0.717, 1.165) is 0 Å². The average Bonchev–Trinajstić information content (AvgIpc) is 2.06. The molecule has 4 nitrogen and oxygen atoms in total. The van der Waals surface area contributed by atoms with E-state index in [1.165, 1.54) is 7.11 Å². The number of aromatic nitrogens is 1. The summed E-state index contributed by atoms with van der Waals surface area (Å²) in [7, 11) is 3.30. The lowest BCUT2D eigenvalue weighted by Gasteiger charge is -1.94. The lowest BCUT2D eigenvalue weighted by atomic mass is 10.5. The largest absolute Gasteiger partial charge is 0.548 e. The highest BCUT2D eigenvalue weighted by atomic mass is 16.5. The third-order valence-electron chi connectivity index (χ3n) is 1.13. The Morgan fingerprint density at radius 3 is 2.08 bits per heavy atom. The third kappa shape index (κ3) is 8.49. The van der Waals surface area contributed by atoms with Crippen LogP contribution in [-0.2, 0) is 16.6 Å². The first kappa shape index (κ1) is 11.6. The second kappa shape index (κ2) is 7.24. The first-order chi connectivity index (χ1) is 6.16. The van der Waals surface area contributed by atoms with Crippen molar-refractivity contribution < 1.29 is 19.2 Å². The van der Waals surface area contributed by atoms with Gasteiger partial charge in [0.25, 0.3) is 0 Å². The second-order valence-electron chi connectivity index (χ2n) is 2.35. The average molecular weight is 183 g/mol. The summed E-state index contributed by atoms with van der Waals surface area (Å²) in [6.07, 6.45) is 4.00. The molecular formula is C9H13NO3. The van der Waals surface area contributed by atoms with Gasteiger partial charge in [0.1, 0.15) is 7.05 Å². The maximum atomic E-state index is 9.36. The zero-order chi connectivity index (χ0) is 10.1. The van der Waals surface area contributed by atoms with Crippen molar-refractivity contribution in [2.24, 2.45) is 7.05 Å². The number of methoxy groups -OCH3 is 1. The topological polar surface area (TPSA) is 53.2 Å². The molecule has 0 aliphatic heterocycles. The van der Waals surface area contributed by atoms with E-state index in [-0.39, 0.29) is 6.61 Å². The SMILES string of the molecule is COCC(=O)[O-].C[n+]1ccccc1. The van der Waals surface area contributed by atoms with Gasteiger partial charge in [-0.05, 0) is 0 Å². The summed E-state index contributed by atoms with van der Waals surface area (Å²) in [5, 5.41) is 9.36. The number of carboxylic acid groups (broad SMARTS) is 1. The minimum atomic E-state index is -1.18. The number of hydrogen-bond donors (Lipinski definition) is 0. The van der Waals surface area contributed by atoms with Crippen molar-refractivity contribution in [3.63, 3.8) is 0 Å². The van der Waals surface area contributed by atoms with Gasteiger partial charge in [0.2, 0.25) is 0 Å². The molecule has 1 aromatic rings. The Balaban J connectivity index is 0.000000226. The van der Waals surface area contributed by atoms with Gasteiger partial charge in [0, 0.05) is 19.2 Å². The highest BCUT2D eigenvalue weighted by Crippen LogP contribution is 1.71. The minimum Gasteiger partial charge on any atom is -0.548 e. The molecule has 0 fully saturated rings. The lowest BCUT2D eigenvalue weighted by molar-refractivity contribution is -0.671. The maximum absolute atomic E-state index is 9.36. The molecule has 0 spiro atoms. The van der Waals surface area contributed by atoms with E-state index in [1.807, 2.05) is 42.2 Å². The summed E-state index contributed by atoms with van der Waals surface area (Å²) in [6.45, 7) is -0.319. The molecule has 0 aliphatic rings. The van der Waals surface area contributed by atoms with Crippen molar-refractivity contribution in [2.45, 2.75) is 0 Å². The first-order valence-corrected chi connectivity index (χ1v) is 3.76. The Morgan fingerprint density at radius 1 is 1.38 bits per heavy atom. The van der Waals surface area contributed by atoms with Gasteiger partial charge in [-0.2, -0.15) is 0 Å². The third-order valence-corrected chi connectivity index (χ3v) is 1.13. The molecule has 1 aromatic heterocycles. The van der Waals surface area contributed by atoms with Crippen LogP contribution in [0.2, 0.25) is 0 Å². The van der Waals surface area contributed by atoms with Crippen LogP contribution < -0.4 is 9.67 Å². The van der Waals surface area contributed by atoms with Crippen LogP contribution in [0.5, 0.6) is 0 Å². The van der Waals surface area contributed by atoms with E-state index >= 15 is 0 Å². The summed E-state index contributed by atoms with van der Waals surface area (Å²) in [6, 6.07) is 6.00. The summed E-state index contributed by atoms with van der Waals surface area (Å²) in [4.78, 5) is 9.36. The van der Waals surface area contributed by atoms with Gasteiger partial charge >= 0.3 is 0 Å². The normalized spacial score (nSPS) is 8.46. The van der Waals surface area contributed by atoms with Gasteiger partial charge < -0.3 is 14.6 Å². The first-order valence-electron chi connectivity index (χ1n) is 3.76. The molecule has 1 rings (SSSR count). The van der Waals surface area contributed by atoms with Crippen LogP contribution in [0.1, 0.15) is 0 Å². The molecule has 0 atom stereocenters. The number of carboxylic acids is 1. The van der Waals surface area contributed by atoms with Gasteiger partial charge in [0.05, 0.1) is 12.6 Å². The molecule has 4 heteroatoms. The van der Waals surface area contributed by atoms with Crippen molar-refractivity contribution in [1.29, 1.82) is 0 Å². The maximum Gasteiger partial charge on any atom is 0.168 e. The second-order valence-corrected chi connectivity index (χ2v) is 2.35. The van der Waals surface area contributed by atoms with Crippen molar-refractivity contribution >= 4 is 5.97 Å². The van der Waals surface area contributed by atoms with Crippen molar-refractivity contribution in [1.82, 2.24) is 0 Å². The van der Waals surface area contributed by atoms with E-state index in [1.54, 1.807) is 0 Å². The number of carbonyl (C=O) groups is 1. The van der Waals surface area contributed by atoms with Gasteiger partial charge in [-0.3, -0.25) is 0 Å². The summed E-state index contributed by atoms with van der Waals surface area (Å²) in [5.74, 6) is -1.18. The molecule has 0 amide bonds. The molecule has 72 valence electrons. The molecule has 0 aromatic carbocycles. The molecule has 0 N–H and O–H groups in total. The lowest BCUT2D eigenvalue weighted by Crippen LogP contribution is -2.26. The quantitative estimate of drug-likeness (QED) is 0.546. The van der Waals surface area contributed by atoms with Crippen LogP contribution in [0, 0.1) is 0 Å². The number of carbonyl (C=O) groups excluding carboxylic acids is 1. The number of pyridine rings is 1. The van der Waals surface area contributed by atoms with Gasteiger partial charge in [0.15, 0.2) is 12.4 Å². The molecule has 0 aliphatic carbocycles. The van der Waals surface area contributed by atoms with E-state index in [0.29, 0.717) is 0 Å². The number of aryl methyl sites for hydroxylation is 1. The van der Waals surface area contributed by atoms with Gasteiger partial charge in [-0.25, -0.2) is 4.57 Å². The molecular weight excluding hydrogens is 170 g/mol. The van der Waals surface area contributed by atoms with Crippen LogP contribution in [0.15, 0.2) is 30.6 Å². The highest BCUT2D eigenvalue weighted by Gasteiger charge is 1.78. The van der Waals surface area contributed by atoms with E-state index in [9.17, 15) is 9.90 Å². The Morgan fingerprint density at radius 2 is 1.92 bits per heavy atom. The number of hydrogen-bond acceptors (Lipinski definition) is 3. The zero-order valence-electron chi connectivity index (χ0n) is 7.77. The van der Waals surface area contributed by atoms with Crippen LogP contribution in [-0.4, -0.2) is 19.7 Å².